The van der Waals surface area contributed by atoms with Crippen LogP contribution in [-0.4, -0.2) is 21.0 Å². The highest BCUT2D eigenvalue weighted by Crippen LogP contribution is 2.29. The highest BCUT2D eigenvalue weighted by atomic mass is 79.9. The smallest absolute Gasteiger partial charge is 0.254 e. The van der Waals surface area contributed by atoms with E-state index >= 15 is 0 Å². The number of carbonyl (C=O) groups excluding carboxylic acids is 1. The Morgan fingerprint density at radius 3 is 2.27 bits per heavy atom. The minimum atomic E-state index is -1.88. The van der Waals surface area contributed by atoms with Crippen molar-refractivity contribution in [1.82, 2.24) is 10.6 Å². The molecule has 1 amide bonds. The molecule has 0 spiro atoms. The Morgan fingerprint density at radius 2 is 1.69 bits per heavy atom. The fourth-order valence-electron chi connectivity index (χ4n) is 1.89. The molecule has 0 saturated heterocycles. The minimum absolute atomic E-state index is 0.0837. The fraction of sp³-hybridized carbons (Fsp3) is 0.125. The lowest BCUT2D eigenvalue weighted by Crippen LogP contribution is -2.56. The van der Waals surface area contributed by atoms with Crippen LogP contribution in [0.3, 0.4) is 0 Å². The maximum absolute atomic E-state index is 12.9. The molecule has 0 aliphatic rings. The molecule has 2 rings (SSSR count). The molecule has 0 radical (unpaired) electrons. The number of nitrogens with one attached hydrogen (secondary N) is 3. The van der Waals surface area contributed by atoms with Crippen LogP contribution >= 0.6 is 63.0 Å². The Labute approximate surface area is 178 Å². The standard InChI is InChI=1S/C16H12BrCl3FN3OS/c17-12-4-2-1-3-11(12)13(25)23-14(16(18,19)20)24-15(26)22-10-7-5-9(21)6-8-10/h1-8,14H,(H,23,25)(H2,22,24,26). The van der Waals surface area contributed by atoms with Crippen LogP contribution in [0.2, 0.25) is 0 Å². The third-order valence-electron chi connectivity index (χ3n) is 3.10. The summed E-state index contributed by atoms with van der Waals surface area (Å²) in [5, 5.41) is 8.20. The van der Waals surface area contributed by atoms with Gasteiger partial charge < -0.3 is 16.0 Å². The molecule has 0 bridgehead atoms. The normalized spacial score (nSPS) is 12.2. The van der Waals surface area contributed by atoms with E-state index in [2.05, 4.69) is 31.9 Å². The van der Waals surface area contributed by atoms with Gasteiger partial charge in [0, 0.05) is 10.2 Å². The summed E-state index contributed by atoms with van der Waals surface area (Å²) in [6.45, 7) is 0. The summed E-state index contributed by atoms with van der Waals surface area (Å²) < 4.78 is 11.7. The first-order chi connectivity index (χ1) is 12.2. The number of alkyl halides is 3. The number of hydrogen-bond donors (Lipinski definition) is 3. The molecule has 2 aromatic rings. The predicted octanol–water partition coefficient (Wildman–Crippen LogP) is 5.00. The third-order valence-corrected chi connectivity index (χ3v) is 4.66. The van der Waals surface area contributed by atoms with Gasteiger partial charge in [-0.25, -0.2) is 4.39 Å². The van der Waals surface area contributed by atoms with Crippen LogP contribution in [0, 0.1) is 5.82 Å². The van der Waals surface area contributed by atoms with E-state index in [1.165, 1.54) is 24.3 Å². The highest BCUT2D eigenvalue weighted by molar-refractivity contribution is 9.10. The van der Waals surface area contributed by atoms with Gasteiger partial charge in [-0.1, -0.05) is 46.9 Å². The summed E-state index contributed by atoms with van der Waals surface area (Å²) >= 11 is 26.3. The summed E-state index contributed by atoms with van der Waals surface area (Å²) in [6.07, 6.45) is -1.12. The van der Waals surface area contributed by atoms with Crippen molar-refractivity contribution >= 4 is 79.7 Å². The van der Waals surface area contributed by atoms with Gasteiger partial charge in [0.05, 0.1) is 5.56 Å². The monoisotopic (exact) mass is 497 g/mol. The number of benzene rings is 2. The van der Waals surface area contributed by atoms with Crippen LogP contribution in [0.5, 0.6) is 0 Å². The average Bonchev–Trinajstić information content (AvgIpc) is 2.56. The molecular weight excluding hydrogens is 488 g/mol. The summed E-state index contributed by atoms with van der Waals surface area (Å²) in [5.74, 6) is -0.847. The van der Waals surface area contributed by atoms with E-state index < -0.39 is 15.9 Å². The van der Waals surface area contributed by atoms with Crippen molar-refractivity contribution in [2.24, 2.45) is 0 Å². The van der Waals surface area contributed by atoms with Gasteiger partial charge >= 0.3 is 0 Å². The molecule has 0 fully saturated rings. The van der Waals surface area contributed by atoms with Crippen molar-refractivity contribution in [2.75, 3.05) is 5.32 Å². The van der Waals surface area contributed by atoms with Gasteiger partial charge in [-0.15, -0.1) is 0 Å². The Bertz CT molecular complexity index is 802. The van der Waals surface area contributed by atoms with Crippen LogP contribution < -0.4 is 16.0 Å². The van der Waals surface area contributed by atoms with Gasteiger partial charge in [0.2, 0.25) is 3.79 Å². The van der Waals surface area contributed by atoms with Gasteiger partial charge in [0.1, 0.15) is 12.0 Å². The fourth-order valence-corrected chi connectivity index (χ4v) is 2.91. The molecule has 3 N–H and O–H groups in total. The van der Waals surface area contributed by atoms with Crippen molar-refractivity contribution in [1.29, 1.82) is 0 Å². The van der Waals surface area contributed by atoms with E-state index in [-0.39, 0.29) is 10.9 Å². The Kier molecular flexibility index (Phi) is 7.49. The van der Waals surface area contributed by atoms with E-state index in [0.29, 0.717) is 15.7 Å². The molecule has 26 heavy (non-hydrogen) atoms. The van der Waals surface area contributed by atoms with E-state index in [0.717, 1.165) is 0 Å². The predicted molar refractivity (Wildman–Crippen MR) is 111 cm³/mol. The first-order valence-corrected chi connectivity index (χ1v) is 9.45. The maximum Gasteiger partial charge on any atom is 0.254 e. The first kappa shape index (κ1) is 21.2. The lowest BCUT2D eigenvalue weighted by molar-refractivity contribution is 0.0934. The van der Waals surface area contributed by atoms with Crippen LogP contribution in [0.15, 0.2) is 53.0 Å². The highest BCUT2D eigenvalue weighted by Gasteiger charge is 2.35. The number of anilines is 1. The number of halogens is 5. The van der Waals surface area contributed by atoms with Crippen LogP contribution in [0.1, 0.15) is 10.4 Å². The lowest BCUT2D eigenvalue weighted by atomic mass is 10.2. The average molecular weight is 500 g/mol. The second-order valence-corrected chi connectivity index (χ2v) is 8.66. The molecule has 10 heteroatoms. The van der Waals surface area contributed by atoms with Crippen LogP contribution in [-0.2, 0) is 0 Å². The van der Waals surface area contributed by atoms with E-state index in [1.54, 1.807) is 24.3 Å². The van der Waals surface area contributed by atoms with E-state index in [4.69, 9.17) is 47.0 Å². The first-order valence-electron chi connectivity index (χ1n) is 7.12. The zero-order chi connectivity index (χ0) is 19.3. The Balaban J connectivity index is 2.07. The van der Waals surface area contributed by atoms with Gasteiger partial charge in [-0.05, 0) is 64.5 Å². The second kappa shape index (κ2) is 9.19. The zero-order valence-corrected chi connectivity index (χ0v) is 17.6. The molecule has 0 saturated carbocycles. The molecule has 138 valence electrons. The molecule has 4 nitrogen and oxygen atoms in total. The Morgan fingerprint density at radius 1 is 1.08 bits per heavy atom. The van der Waals surface area contributed by atoms with E-state index in [9.17, 15) is 9.18 Å². The number of thiocarbonyl (C=S) groups is 1. The molecule has 0 aromatic heterocycles. The van der Waals surface area contributed by atoms with Gasteiger partial charge in [-0.2, -0.15) is 0 Å². The van der Waals surface area contributed by atoms with Crippen LogP contribution in [0.25, 0.3) is 0 Å². The zero-order valence-electron chi connectivity index (χ0n) is 12.9. The summed E-state index contributed by atoms with van der Waals surface area (Å²) in [4.78, 5) is 12.4. The number of carbonyl (C=O) groups is 1. The molecular formula is C16H12BrCl3FN3OS. The quantitative estimate of drug-likeness (QED) is 0.315. The third kappa shape index (κ3) is 6.25. The largest absolute Gasteiger partial charge is 0.339 e. The summed E-state index contributed by atoms with van der Waals surface area (Å²) in [6, 6.07) is 12.3. The van der Waals surface area contributed by atoms with Gasteiger partial charge in [0.25, 0.3) is 5.91 Å². The molecule has 0 aliphatic carbocycles. The SMILES string of the molecule is O=C(NC(NC(=S)Nc1ccc(F)cc1)C(Cl)(Cl)Cl)c1ccccc1Br. The lowest BCUT2D eigenvalue weighted by Gasteiger charge is -2.28. The Hall–Kier alpha value is -1.12. The number of hydrogen-bond acceptors (Lipinski definition) is 2. The second-order valence-electron chi connectivity index (χ2n) is 5.03. The maximum atomic E-state index is 12.9. The molecule has 0 heterocycles. The van der Waals surface area contributed by atoms with Crippen molar-refractivity contribution in [3.8, 4) is 0 Å². The number of amides is 1. The molecule has 2 aromatic carbocycles. The van der Waals surface area contributed by atoms with Crippen molar-refractivity contribution < 1.29 is 9.18 Å². The van der Waals surface area contributed by atoms with Gasteiger partial charge in [0.15, 0.2) is 5.11 Å². The topological polar surface area (TPSA) is 53.2 Å². The van der Waals surface area contributed by atoms with Crippen molar-refractivity contribution in [2.45, 2.75) is 9.96 Å². The minimum Gasteiger partial charge on any atom is -0.339 e. The number of rotatable bonds is 4. The van der Waals surface area contributed by atoms with Gasteiger partial charge in [-0.3, -0.25) is 4.79 Å². The molecule has 0 aliphatic heterocycles. The van der Waals surface area contributed by atoms with Crippen molar-refractivity contribution in [3.05, 3.63) is 64.4 Å². The molecule has 1 unspecified atom stereocenters. The summed E-state index contributed by atoms with van der Waals surface area (Å²) in [7, 11) is 0. The summed E-state index contributed by atoms with van der Waals surface area (Å²) in [5.41, 5.74) is 0.898. The van der Waals surface area contributed by atoms with E-state index in [1.807, 2.05) is 0 Å². The van der Waals surface area contributed by atoms with Crippen molar-refractivity contribution in [3.63, 3.8) is 0 Å². The van der Waals surface area contributed by atoms with Crippen LogP contribution in [0.4, 0.5) is 10.1 Å². The molecule has 1 atom stereocenters.